The van der Waals surface area contributed by atoms with Gasteiger partial charge in [0.15, 0.2) is 11.6 Å². The van der Waals surface area contributed by atoms with Crippen molar-refractivity contribution in [3.63, 3.8) is 0 Å². The number of halogens is 1. The van der Waals surface area contributed by atoms with E-state index in [0.29, 0.717) is 34.5 Å². The van der Waals surface area contributed by atoms with Gasteiger partial charge in [0, 0.05) is 72.3 Å². The second-order valence-corrected chi connectivity index (χ2v) is 11.3. The lowest BCUT2D eigenvalue weighted by Crippen LogP contribution is -2.44. The number of aromatic amines is 1. The number of amides is 1. The van der Waals surface area contributed by atoms with E-state index in [-0.39, 0.29) is 23.6 Å². The van der Waals surface area contributed by atoms with Crippen LogP contribution in [-0.4, -0.2) is 60.9 Å². The molecular weight excluding hydrogens is 519 g/mol. The lowest BCUT2D eigenvalue weighted by molar-refractivity contribution is -0.117. The fraction of sp³-hybridized carbons (Fsp3) is 0.375. The van der Waals surface area contributed by atoms with Crippen LogP contribution in [0.5, 0.6) is 5.75 Å². The van der Waals surface area contributed by atoms with Gasteiger partial charge in [0.2, 0.25) is 0 Å². The van der Waals surface area contributed by atoms with Crippen LogP contribution < -0.4 is 20.3 Å². The number of anilines is 2. The van der Waals surface area contributed by atoms with E-state index >= 15 is 4.39 Å². The van der Waals surface area contributed by atoms with Gasteiger partial charge in [-0.3, -0.25) is 4.79 Å². The van der Waals surface area contributed by atoms with Gasteiger partial charge in [0.05, 0.1) is 0 Å². The Kier molecular flexibility index (Phi) is 7.53. The number of amidine groups is 1. The predicted octanol–water partition coefficient (Wildman–Crippen LogP) is 5.34. The number of hydrogen-bond acceptors (Lipinski definition) is 6. The van der Waals surface area contributed by atoms with E-state index in [1.807, 2.05) is 32.1 Å². The van der Waals surface area contributed by atoms with E-state index in [2.05, 4.69) is 49.6 Å². The first kappa shape index (κ1) is 27.1. The largest absolute Gasteiger partial charge is 0.457 e. The third kappa shape index (κ3) is 6.00. The maximum absolute atomic E-state index is 15.6. The molecule has 41 heavy (non-hydrogen) atoms. The fourth-order valence-electron chi connectivity index (χ4n) is 5.32. The molecule has 1 unspecified atom stereocenters. The number of aromatic nitrogens is 1. The van der Waals surface area contributed by atoms with Gasteiger partial charge in [-0.2, -0.15) is 0 Å². The van der Waals surface area contributed by atoms with Crippen LogP contribution >= 0.6 is 0 Å². The van der Waals surface area contributed by atoms with Gasteiger partial charge in [-0.15, -0.1) is 0 Å². The Labute approximate surface area is 240 Å². The van der Waals surface area contributed by atoms with Crippen LogP contribution in [-0.2, 0) is 4.79 Å². The van der Waals surface area contributed by atoms with E-state index in [1.165, 1.54) is 0 Å². The van der Waals surface area contributed by atoms with Crippen LogP contribution in [0.2, 0.25) is 0 Å². The number of nitrogens with zero attached hydrogens (tertiary/aromatic N) is 3. The number of nitrogens with one attached hydrogen (secondary N) is 3. The molecule has 1 atom stereocenters. The summed E-state index contributed by atoms with van der Waals surface area (Å²) in [5, 5.41) is 6.92. The fourth-order valence-corrected chi connectivity index (χ4v) is 5.32. The van der Waals surface area contributed by atoms with Gasteiger partial charge >= 0.3 is 0 Å². The zero-order valence-electron chi connectivity index (χ0n) is 23.8. The predicted molar refractivity (Wildman–Crippen MR) is 162 cm³/mol. The first-order chi connectivity index (χ1) is 19.9. The molecule has 3 aliphatic rings. The Hall–Kier alpha value is -4.11. The number of benzene rings is 2. The van der Waals surface area contributed by atoms with Crippen LogP contribution in [0.3, 0.4) is 0 Å². The molecule has 0 radical (unpaired) electrons. The van der Waals surface area contributed by atoms with E-state index in [9.17, 15) is 4.79 Å². The summed E-state index contributed by atoms with van der Waals surface area (Å²) in [6, 6.07) is 13.5. The molecule has 1 saturated heterocycles. The maximum Gasteiger partial charge on any atom is 0.258 e. The average molecular weight is 557 g/mol. The monoisotopic (exact) mass is 556 g/mol. The normalized spacial score (nSPS) is 23.9. The summed E-state index contributed by atoms with van der Waals surface area (Å²) < 4.78 is 21.9. The van der Waals surface area contributed by atoms with Gasteiger partial charge in [0.1, 0.15) is 17.2 Å². The van der Waals surface area contributed by atoms with E-state index in [4.69, 9.17) is 4.74 Å². The Bertz CT molecular complexity index is 1530. The second kappa shape index (κ2) is 11.4. The SMILES string of the molecule is Cc1cc2c(F)c(O/C3=C(C(=O)NC4CC4)/C(Nc4ccc(N5CCN(C)CC5)cc4)=N/C=C/CC3C)ccc2[nH]1. The molecule has 2 aliphatic heterocycles. The number of allylic oxidation sites excluding steroid dienone is 2. The van der Waals surface area contributed by atoms with Crippen LogP contribution in [0.1, 0.15) is 31.9 Å². The molecule has 2 fully saturated rings. The van der Waals surface area contributed by atoms with Gasteiger partial charge in [-0.05, 0) is 75.7 Å². The van der Waals surface area contributed by atoms with Crippen molar-refractivity contribution in [3.8, 4) is 5.75 Å². The number of rotatable bonds is 6. The molecular formula is C32H37FN6O2. The minimum atomic E-state index is -0.461. The summed E-state index contributed by atoms with van der Waals surface area (Å²) in [5.41, 5.74) is 3.82. The molecule has 3 heterocycles. The molecule has 3 aromatic rings. The van der Waals surface area contributed by atoms with Crippen molar-refractivity contribution in [2.45, 2.75) is 39.2 Å². The highest BCUT2D eigenvalue weighted by Gasteiger charge is 2.32. The van der Waals surface area contributed by atoms with E-state index < -0.39 is 5.82 Å². The molecule has 1 aliphatic carbocycles. The maximum atomic E-state index is 15.6. The number of fused-ring (bicyclic) bond motifs is 1. The average Bonchev–Trinajstić information content (AvgIpc) is 3.69. The molecule has 1 amide bonds. The number of H-pyrrole nitrogens is 1. The molecule has 0 spiro atoms. The Morgan fingerprint density at radius 2 is 1.85 bits per heavy atom. The molecule has 2 aromatic carbocycles. The van der Waals surface area contributed by atoms with Crippen molar-refractivity contribution in [1.29, 1.82) is 0 Å². The molecule has 1 saturated carbocycles. The van der Waals surface area contributed by atoms with Crippen molar-refractivity contribution in [2.24, 2.45) is 10.9 Å². The smallest absolute Gasteiger partial charge is 0.258 e. The van der Waals surface area contributed by atoms with Gasteiger partial charge in [-0.1, -0.05) is 13.0 Å². The zero-order valence-corrected chi connectivity index (χ0v) is 23.8. The highest BCUT2D eigenvalue weighted by atomic mass is 19.1. The van der Waals surface area contributed by atoms with Crippen molar-refractivity contribution in [1.82, 2.24) is 15.2 Å². The topological polar surface area (TPSA) is 85.0 Å². The summed E-state index contributed by atoms with van der Waals surface area (Å²) in [5.74, 6) is -0.0942. The quantitative estimate of drug-likeness (QED) is 0.382. The van der Waals surface area contributed by atoms with Crippen molar-refractivity contribution >= 4 is 34.0 Å². The molecule has 8 nitrogen and oxygen atoms in total. The summed E-state index contributed by atoms with van der Waals surface area (Å²) in [6.45, 7) is 7.90. The van der Waals surface area contributed by atoms with Crippen molar-refractivity contribution < 1.29 is 13.9 Å². The molecule has 6 rings (SSSR count). The number of piperazine rings is 1. The minimum Gasteiger partial charge on any atom is -0.457 e. The molecule has 9 heteroatoms. The third-order valence-electron chi connectivity index (χ3n) is 7.92. The van der Waals surface area contributed by atoms with Crippen LogP contribution in [0.15, 0.2) is 71.1 Å². The summed E-state index contributed by atoms with van der Waals surface area (Å²) in [4.78, 5) is 26.3. The summed E-state index contributed by atoms with van der Waals surface area (Å²) >= 11 is 0. The Morgan fingerprint density at radius 1 is 1.10 bits per heavy atom. The van der Waals surface area contributed by atoms with Crippen LogP contribution in [0, 0.1) is 18.7 Å². The number of ether oxygens (including phenoxy) is 1. The first-order valence-electron chi connectivity index (χ1n) is 14.4. The highest BCUT2D eigenvalue weighted by molar-refractivity contribution is 6.26. The van der Waals surface area contributed by atoms with Gasteiger partial charge < -0.3 is 30.2 Å². The number of likely N-dealkylation sites (N-methyl/N-ethyl adjacent to an activating group) is 1. The molecule has 214 valence electrons. The summed E-state index contributed by atoms with van der Waals surface area (Å²) in [7, 11) is 2.14. The first-order valence-corrected chi connectivity index (χ1v) is 14.4. The minimum absolute atomic E-state index is 0.0792. The van der Waals surface area contributed by atoms with Crippen molar-refractivity contribution in [2.75, 3.05) is 43.4 Å². The lowest BCUT2D eigenvalue weighted by Gasteiger charge is -2.34. The highest BCUT2D eigenvalue weighted by Crippen LogP contribution is 2.33. The number of carbonyl (C=O) groups is 1. The number of aryl methyl sites for hydroxylation is 1. The Balaban J connectivity index is 1.34. The third-order valence-corrected chi connectivity index (χ3v) is 7.92. The van der Waals surface area contributed by atoms with Crippen LogP contribution in [0.4, 0.5) is 15.8 Å². The molecule has 0 bridgehead atoms. The molecule has 3 N–H and O–H groups in total. The lowest BCUT2D eigenvalue weighted by atomic mass is 9.98. The number of aliphatic imine (C=N–C) groups is 1. The Morgan fingerprint density at radius 3 is 2.59 bits per heavy atom. The van der Waals surface area contributed by atoms with Crippen LogP contribution in [0.25, 0.3) is 10.9 Å². The standard InChI is InChI=1S/C32H37FN6O2/c1-20-5-4-14-34-31(36-22-8-10-24(11-9-22)39-17-15-38(3)16-18-39)28(32(40)37-23-6-7-23)30(20)41-27-13-12-26-25(29(27)33)19-21(2)35-26/h4,8-14,19-20,23,35H,5-7,15-18H2,1-3H3,(H,34,36)(H,37,40)/b14-4+,30-28-. The molecule has 1 aromatic heterocycles. The van der Waals surface area contributed by atoms with Gasteiger partial charge in [0.25, 0.3) is 5.91 Å². The zero-order chi connectivity index (χ0) is 28.5. The van der Waals surface area contributed by atoms with E-state index in [1.54, 1.807) is 24.4 Å². The van der Waals surface area contributed by atoms with Gasteiger partial charge in [-0.25, -0.2) is 9.38 Å². The second-order valence-electron chi connectivity index (χ2n) is 11.3. The van der Waals surface area contributed by atoms with Crippen molar-refractivity contribution in [3.05, 3.63) is 77.6 Å². The summed E-state index contributed by atoms with van der Waals surface area (Å²) in [6.07, 6.45) is 6.14. The number of carbonyl (C=O) groups excluding carboxylic acids is 1. The van der Waals surface area contributed by atoms with E-state index in [0.717, 1.165) is 56.1 Å². The number of hydrogen-bond donors (Lipinski definition) is 3.